The SMILES string of the molecule is CCCCOc1ccccc1C=NNC(=O)CC(=O)Nc1ccccc1OC. The molecule has 0 bridgehead atoms. The van der Waals surface area contributed by atoms with Crippen molar-refractivity contribution in [2.45, 2.75) is 26.2 Å². The van der Waals surface area contributed by atoms with Crippen molar-refractivity contribution in [2.75, 3.05) is 19.0 Å². The van der Waals surface area contributed by atoms with Crippen LogP contribution in [-0.4, -0.2) is 31.7 Å². The number of hydrogen-bond acceptors (Lipinski definition) is 5. The zero-order valence-electron chi connectivity index (χ0n) is 16.1. The van der Waals surface area contributed by atoms with Gasteiger partial charge < -0.3 is 14.8 Å². The molecule has 2 aromatic rings. The van der Waals surface area contributed by atoms with Crippen LogP contribution in [0.25, 0.3) is 0 Å². The van der Waals surface area contributed by atoms with E-state index in [2.05, 4.69) is 22.8 Å². The third-order valence-corrected chi connectivity index (χ3v) is 3.77. The minimum absolute atomic E-state index is 0.357. The van der Waals surface area contributed by atoms with Crippen LogP contribution in [0.1, 0.15) is 31.7 Å². The number of benzene rings is 2. The molecule has 28 heavy (non-hydrogen) atoms. The second-order valence-electron chi connectivity index (χ2n) is 5.96. The second-order valence-corrected chi connectivity index (χ2v) is 5.96. The molecule has 0 saturated heterocycles. The van der Waals surface area contributed by atoms with Crippen LogP contribution in [0.2, 0.25) is 0 Å². The van der Waals surface area contributed by atoms with Gasteiger partial charge in [0.15, 0.2) is 0 Å². The Labute approximate surface area is 164 Å². The fourth-order valence-corrected chi connectivity index (χ4v) is 2.35. The number of rotatable bonds is 10. The van der Waals surface area contributed by atoms with Crippen molar-refractivity contribution >= 4 is 23.7 Å². The van der Waals surface area contributed by atoms with Gasteiger partial charge >= 0.3 is 0 Å². The molecule has 0 aliphatic carbocycles. The monoisotopic (exact) mass is 383 g/mol. The van der Waals surface area contributed by atoms with Crippen LogP contribution >= 0.6 is 0 Å². The van der Waals surface area contributed by atoms with Gasteiger partial charge in [0.2, 0.25) is 11.8 Å². The Balaban J connectivity index is 1.86. The molecule has 0 aromatic heterocycles. The van der Waals surface area contributed by atoms with Crippen LogP contribution < -0.4 is 20.2 Å². The second kappa shape index (κ2) is 11.4. The average molecular weight is 383 g/mol. The van der Waals surface area contributed by atoms with Crippen molar-refractivity contribution in [3.63, 3.8) is 0 Å². The molecule has 7 nitrogen and oxygen atoms in total. The van der Waals surface area contributed by atoms with Crippen LogP contribution in [-0.2, 0) is 9.59 Å². The van der Waals surface area contributed by atoms with Crippen LogP contribution in [0.5, 0.6) is 11.5 Å². The molecule has 0 unspecified atom stereocenters. The molecule has 7 heteroatoms. The summed E-state index contributed by atoms with van der Waals surface area (Å²) in [5, 5.41) is 6.56. The van der Waals surface area contributed by atoms with E-state index >= 15 is 0 Å². The smallest absolute Gasteiger partial charge is 0.249 e. The Hall–Kier alpha value is -3.35. The van der Waals surface area contributed by atoms with E-state index in [4.69, 9.17) is 9.47 Å². The maximum absolute atomic E-state index is 12.0. The van der Waals surface area contributed by atoms with Crippen LogP contribution in [0, 0.1) is 0 Å². The third-order valence-electron chi connectivity index (χ3n) is 3.77. The summed E-state index contributed by atoms with van der Waals surface area (Å²) >= 11 is 0. The van der Waals surface area contributed by atoms with Crippen molar-refractivity contribution in [1.29, 1.82) is 0 Å². The summed E-state index contributed by atoms with van der Waals surface area (Å²) < 4.78 is 10.9. The zero-order valence-corrected chi connectivity index (χ0v) is 16.1. The minimum atomic E-state index is -0.520. The Kier molecular flexibility index (Phi) is 8.52. The first kappa shape index (κ1) is 21.0. The number of nitrogens with one attached hydrogen (secondary N) is 2. The first-order chi connectivity index (χ1) is 13.6. The van der Waals surface area contributed by atoms with E-state index in [0.29, 0.717) is 23.8 Å². The van der Waals surface area contributed by atoms with Gasteiger partial charge in [-0.2, -0.15) is 5.10 Å². The van der Waals surface area contributed by atoms with E-state index in [1.54, 1.807) is 24.3 Å². The maximum atomic E-state index is 12.0. The fraction of sp³-hybridized carbons (Fsp3) is 0.286. The number of amides is 2. The molecule has 0 heterocycles. The van der Waals surface area contributed by atoms with Gasteiger partial charge in [-0.25, -0.2) is 5.43 Å². The molecule has 0 radical (unpaired) electrons. The first-order valence-corrected chi connectivity index (χ1v) is 9.10. The lowest BCUT2D eigenvalue weighted by atomic mass is 10.2. The van der Waals surface area contributed by atoms with Gasteiger partial charge in [-0.3, -0.25) is 9.59 Å². The summed E-state index contributed by atoms with van der Waals surface area (Å²) in [5.74, 6) is 0.241. The molecule has 0 saturated carbocycles. The molecule has 0 aliphatic rings. The Morgan fingerprint density at radius 3 is 2.50 bits per heavy atom. The van der Waals surface area contributed by atoms with E-state index < -0.39 is 11.8 Å². The molecule has 2 aromatic carbocycles. The quantitative estimate of drug-likeness (QED) is 0.285. The maximum Gasteiger partial charge on any atom is 0.249 e. The van der Waals surface area contributed by atoms with Gasteiger partial charge in [0.05, 0.1) is 25.6 Å². The Morgan fingerprint density at radius 2 is 1.75 bits per heavy atom. The lowest BCUT2D eigenvalue weighted by Crippen LogP contribution is -2.24. The predicted molar refractivity (Wildman–Crippen MR) is 109 cm³/mol. The van der Waals surface area contributed by atoms with Crippen molar-refractivity contribution in [2.24, 2.45) is 5.10 Å². The molecule has 2 rings (SSSR count). The van der Waals surface area contributed by atoms with E-state index in [9.17, 15) is 9.59 Å². The molecule has 0 aliphatic heterocycles. The van der Waals surface area contributed by atoms with Crippen LogP contribution in [0.4, 0.5) is 5.69 Å². The molecule has 0 fully saturated rings. The molecule has 0 atom stereocenters. The van der Waals surface area contributed by atoms with Crippen molar-refractivity contribution < 1.29 is 19.1 Å². The number of anilines is 1. The molecule has 2 amide bonds. The highest BCUT2D eigenvalue weighted by atomic mass is 16.5. The standard InChI is InChI=1S/C21H25N3O4/c1-3-4-13-28-18-11-7-5-9-16(18)15-22-24-21(26)14-20(25)23-17-10-6-8-12-19(17)27-2/h5-12,15H,3-4,13-14H2,1-2H3,(H,23,25)(H,24,26). The number of carbonyl (C=O) groups is 2. The summed E-state index contributed by atoms with van der Waals surface area (Å²) in [5.41, 5.74) is 3.61. The number of ether oxygens (including phenoxy) is 2. The van der Waals surface area contributed by atoms with Gasteiger partial charge in [-0.05, 0) is 30.7 Å². The number of nitrogens with zero attached hydrogens (tertiary/aromatic N) is 1. The van der Waals surface area contributed by atoms with E-state index in [-0.39, 0.29) is 6.42 Å². The highest BCUT2D eigenvalue weighted by molar-refractivity contribution is 6.04. The fourth-order valence-electron chi connectivity index (χ4n) is 2.35. The summed E-state index contributed by atoms with van der Waals surface area (Å²) in [7, 11) is 1.51. The predicted octanol–water partition coefficient (Wildman–Crippen LogP) is 3.35. The normalized spacial score (nSPS) is 10.5. The number of hydrazone groups is 1. The van der Waals surface area contributed by atoms with Crippen molar-refractivity contribution in [1.82, 2.24) is 5.43 Å². The number of unbranched alkanes of at least 4 members (excludes halogenated alkanes) is 1. The first-order valence-electron chi connectivity index (χ1n) is 9.10. The highest BCUT2D eigenvalue weighted by Gasteiger charge is 2.11. The molecular formula is C21H25N3O4. The molecule has 0 spiro atoms. The van der Waals surface area contributed by atoms with Gasteiger partial charge in [0.1, 0.15) is 17.9 Å². The van der Waals surface area contributed by atoms with Gasteiger partial charge in [0, 0.05) is 5.56 Å². The average Bonchev–Trinajstić information content (AvgIpc) is 2.69. The number of para-hydroxylation sites is 3. The van der Waals surface area contributed by atoms with Crippen molar-refractivity contribution in [3.8, 4) is 11.5 Å². The third kappa shape index (κ3) is 6.75. The lowest BCUT2D eigenvalue weighted by Gasteiger charge is -2.09. The zero-order chi connectivity index (χ0) is 20.2. The van der Waals surface area contributed by atoms with Crippen LogP contribution in [0.3, 0.4) is 0 Å². The highest BCUT2D eigenvalue weighted by Crippen LogP contribution is 2.23. The number of hydrogen-bond donors (Lipinski definition) is 2. The van der Waals surface area contributed by atoms with Gasteiger partial charge in [0.25, 0.3) is 0 Å². The lowest BCUT2D eigenvalue weighted by molar-refractivity contribution is -0.126. The summed E-state index contributed by atoms with van der Waals surface area (Å²) in [6.45, 7) is 2.72. The van der Waals surface area contributed by atoms with Gasteiger partial charge in [-0.1, -0.05) is 37.6 Å². The topological polar surface area (TPSA) is 89.0 Å². The largest absolute Gasteiger partial charge is 0.495 e. The minimum Gasteiger partial charge on any atom is -0.495 e. The van der Waals surface area contributed by atoms with Gasteiger partial charge in [-0.15, -0.1) is 0 Å². The Morgan fingerprint density at radius 1 is 1.04 bits per heavy atom. The van der Waals surface area contributed by atoms with E-state index in [1.165, 1.54) is 13.3 Å². The summed E-state index contributed by atoms with van der Waals surface area (Å²) in [4.78, 5) is 24.0. The van der Waals surface area contributed by atoms with E-state index in [1.807, 2.05) is 24.3 Å². The number of methoxy groups -OCH3 is 1. The number of carbonyl (C=O) groups excluding carboxylic acids is 2. The van der Waals surface area contributed by atoms with Crippen molar-refractivity contribution in [3.05, 3.63) is 54.1 Å². The van der Waals surface area contributed by atoms with Crippen LogP contribution in [0.15, 0.2) is 53.6 Å². The summed E-state index contributed by atoms with van der Waals surface area (Å²) in [6.07, 6.45) is 3.15. The molecule has 148 valence electrons. The summed E-state index contributed by atoms with van der Waals surface area (Å²) in [6, 6.07) is 14.4. The molecular weight excluding hydrogens is 358 g/mol. The molecule has 2 N–H and O–H groups in total. The Bertz CT molecular complexity index is 821. The van der Waals surface area contributed by atoms with E-state index in [0.717, 1.165) is 18.4 Å².